The number of nitrogens with one attached hydrogen (secondary N) is 1. The van der Waals surface area contributed by atoms with Crippen LogP contribution in [0.2, 0.25) is 5.02 Å². The van der Waals surface area contributed by atoms with Gasteiger partial charge in [0, 0.05) is 13.2 Å². The lowest BCUT2D eigenvalue weighted by atomic mass is 10.1. The van der Waals surface area contributed by atoms with Gasteiger partial charge in [-0.25, -0.2) is 0 Å². The minimum absolute atomic E-state index is 0.417. The van der Waals surface area contributed by atoms with E-state index in [0.717, 1.165) is 31.7 Å². The van der Waals surface area contributed by atoms with E-state index in [1.54, 1.807) is 14.2 Å². The molecule has 1 fully saturated rings. The molecule has 0 aromatic heterocycles. The van der Waals surface area contributed by atoms with Crippen molar-refractivity contribution in [1.29, 1.82) is 0 Å². The van der Waals surface area contributed by atoms with Crippen molar-refractivity contribution in [2.75, 3.05) is 27.4 Å². The molecule has 4 nitrogen and oxygen atoms in total. The maximum Gasteiger partial charge on any atom is 0.179 e. The Bertz CT molecular complexity index is 447. The summed E-state index contributed by atoms with van der Waals surface area (Å²) in [4.78, 5) is 0. The summed E-state index contributed by atoms with van der Waals surface area (Å²) in [6.07, 6.45) is 5.15. The van der Waals surface area contributed by atoms with Gasteiger partial charge in [-0.05, 0) is 49.9 Å². The van der Waals surface area contributed by atoms with Gasteiger partial charge in [-0.15, -0.1) is 0 Å². The molecule has 1 atom stereocenters. The average Bonchev–Trinajstić information content (AvgIpc) is 2.52. The monoisotopic (exact) mass is 313 g/mol. The number of halogens is 1. The molecule has 0 amide bonds. The fraction of sp³-hybridized carbons (Fsp3) is 0.625. The first-order valence-corrected chi connectivity index (χ1v) is 7.85. The smallest absolute Gasteiger partial charge is 0.179 e. The summed E-state index contributed by atoms with van der Waals surface area (Å²) in [5, 5.41) is 4.00. The van der Waals surface area contributed by atoms with Crippen LogP contribution in [-0.4, -0.2) is 33.5 Å². The van der Waals surface area contributed by atoms with Crippen molar-refractivity contribution in [1.82, 2.24) is 5.32 Å². The molecule has 0 radical (unpaired) electrons. The van der Waals surface area contributed by atoms with Gasteiger partial charge in [0.25, 0.3) is 0 Å². The van der Waals surface area contributed by atoms with Crippen molar-refractivity contribution in [3.8, 4) is 11.5 Å². The Hall–Kier alpha value is -0.970. The van der Waals surface area contributed by atoms with Gasteiger partial charge in [0.15, 0.2) is 11.5 Å². The molecule has 0 saturated carbocycles. The van der Waals surface area contributed by atoms with Gasteiger partial charge in [0.05, 0.1) is 25.3 Å². The molecule has 1 unspecified atom stereocenters. The van der Waals surface area contributed by atoms with Crippen LogP contribution in [0, 0.1) is 0 Å². The fourth-order valence-electron chi connectivity index (χ4n) is 2.60. The third-order valence-corrected chi connectivity index (χ3v) is 4.02. The van der Waals surface area contributed by atoms with Gasteiger partial charge in [0.2, 0.25) is 0 Å². The van der Waals surface area contributed by atoms with E-state index < -0.39 is 0 Å². The molecular weight excluding hydrogens is 290 g/mol. The minimum atomic E-state index is 0.417. The van der Waals surface area contributed by atoms with Crippen LogP contribution in [0.3, 0.4) is 0 Å². The van der Waals surface area contributed by atoms with Crippen molar-refractivity contribution >= 4 is 11.6 Å². The van der Waals surface area contributed by atoms with Crippen LogP contribution in [0.5, 0.6) is 11.5 Å². The Morgan fingerprint density at radius 2 is 2.14 bits per heavy atom. The van der Waals surface area contributed by atoms with Gasteiger partial charge in [-0.2, -0.15) is 0 Å². The summed E-state index contributed by atoms with van der Waals surface area (Å²) in [5.74, 6) is 1.25. The molecule has 1 aromatic rings. The third-order valence-electron chi connectivity index (χ3n) is 3.74. The van der Waals surface area contributed by atoms with Gasteiger partial charge < -0.3 is 19.5 Å². The summed E-state index contributed by atoms with van der Waals surface area (Å²) in [6, 6.07) is 3.86. The second-order valence-electron chi connectivity index (χ2n) is 5.27. The van der Waals surface area contributed by atoms with Crippen LogP contribution in [0.4, 0.5) is 0 Å². The molecule has 1 heterocycles. The highest BCUT2D eigenvalue weighted by atomic mass is 35.5. The SMILES string of the molecule is COc1cc(CNCCC2CCCCO2)cc(Cl)c1OC. The van der Waals surface area contributed by atoms with E-state index in [0.29, 0.717) is 22.6 Å². The minimum Gasteiger partial charge on any atom is -0.493 e. The largest absolute Gasteiger partial charge is 0.493 e. The molecule has 1 aliphatic rings. The molecule has 21 heavy (non-hydrogen) atoms. The molecule has 0 bridgehead atoms. The molecule has 5 heteroatoms. The van der Waals surface area contributed by atoms with Crippen LogP contribution in [-0.2, 0) is 11.3 Å². The van der Waals surface area contributed by atoms with Gasteiger partial charge in [-0.3, -0.25) is 0 Å². The lowest BCUT2D eigenvalue weighted by Gasteiger charge is -2.22. The highest BCUT2D eigenvalue weighted by Gasteiger charge is 2.13. The zero-order valence-corrected chi connectivity index (χ0v) is 13.5. The first kappa shape index (κ1) is 16.4. The lowest BCUT2D eigenvalue weighted by molar-refractivity contribution is 0.0115. The van der Waals surface area contributed by atoms with E-state index in [-0.39, 0.29) is 0 Å². The number of benzene rings is 1. The van der Waals surface area contributed by atoms with Crippen LogP contribution in [0.25, 0.3) is 0 Å². The topological polar surface area (TPSA) is 39.7 Å². The predicted molar refractivity (Wildman–Crippen MR) is 84.5 cm³/mol. The van der Waals surface area contributed by atoms with Crippen LogP contribution < -0.4 is 14.8 Å². The van der Waals surface area contributed by atoms with E-state index in [9.17, 15) is 0 Å². The molecule has 2 rings (SSSR count). The first-order chi connectivity index (χ1) is 10.2. The van der Waals surface area contributed by atoms with Crippen molar-refractivity contribution in [3.05, 3.63) is 22.7 Å². The van der Waals surface area contributed by atoms with Crippen molar-refractivity contribution in [2.24, 2.45) is 0 Å². The molecule has 1 N–H and O–H groups in total. The first-order valence-electron chi connectivity index (χ1n) is 7.47. The van der Waals surface area contributed by atoms with Gasteiger partial charge in [0.1, 0.15) is 0 Å². The summed E-state index contributed by atoms with van der Waals surface area (Å²) in [5.41, 5.74) is 1.09. The van der Waals surface area contributed by atoms with Crippen molar-refractivity contribution in [2.45, 2.75) is 38.3 Å². The average molecular weight is 314 g/mol. The zero-order valence-electron chi connectivity index (χ0n) is 12.8. The van der Waals surface area contributed by atoms with Crippen LogP contribution in [0.1, 0.15) is 31.2 Å². The summed E-state index contributed by atoms with van der Waals surface area (Å²) < 4.78 is 16.3. The predicted octanol–water partition coefficient (Wildman–Crippen LogP) is 3.41. The number of hydrogen-bond donors (Lipinski definition) is 1. The Kier molecular flexibility index (Phi) is 6.61. The molecule has 1 saturated heterocycles. The molecule has 0 spiro atoms. The molecule has 1 aliphatic heterocycles. The maximum absolute atomic E-state index is 6.20. The van der Waals surface area contributed by atoms with E-state index in [1.165, 1.54) is 19.3 Å². The van der Waals surface area contributed by atoms with E-state index in [4.69, 9.17) is 25.8 Å². The highest BCUT2D eigenvalue weighted by molar-refractivity contribution is 6.32. The van der Waals surface area contributed by atoms with Crippen molar-refractivity contribution < 1.29 is 14.2 Å². The standard InChI is InChI=1S/C16H24ClNO3/c1-19-15-10-12(9-14(17)16(15)20-2)11-18-7-6-13-5-3-4-8-21-13/h9-10,13,18H,3-8,11H2,1-2H3. The van der Waals surface area contributed by atoms with Gasteiger partial charge >= 0.3 is 0 Å². The normalized spacial score (nSPS) is 18.5. The number of hydrogen-bond acceptors (Lipinski definition) is 4. The summed E-state index contributed by atoms with van der Waals surface area (Å²) in [7, 11) is 3.21. The summed E-state index contributed by atoms with van der Waals surface area (Å²) in [6.45, 7) is 2.61. The molecule has 1 aromatic carbocycles. The second-order valence-corrected chi connectivity index (χ2v) is 5.67. The maximum atomic E-state index is 6.20. The van der Waals surface area contributed by atoms with Gasteiger partial charge in [-0.1, -0.05) is 11.6 Å². The van der Waals surface area contributed by atoms with E-state index in [1.807, 2.05) is 12.1 Å². The van der Waals surface area contributed by atoms with E-state index in [2.05, 4.69) is 5.32 Å². The Morgan fingerprint density at radius 3 is 2.81 bits per heavy atom. The molecule has 118 valence electrons. The lowest BCUT2D eigenvalue weighted by Crippen LogP contribution is -2.25. The Balaban J connectivity index is 1.81. The Labute approximate surface area is 131 Å². The number of methoxy groups -OCH3 is 2. The summed E-state index contributed by atoms with van der Waals surface area (Å²) >= 11 is 6.20. The molecular formula is C16H24ClNO3. The van der Waals surface area contributed by atoms with E-state index >= 15 is 0 Å². The Morgan fingerprint density at radius 1 is 1.29 bits per heavy atom. The quantitative estimate of drug-likeness (QED) is 0.783. The number of rotatable bonds is 7. The fourth-order valence-corrected chi connectivity index (χ4v) is 2.91. The van der Waals surface area contributed by atoms with Crippen molar-refractivity contribution in [3.63, 3.8) is 0 Å². The highest BCUT2D eigenvalue weighted by Crippen LogP contribution is 2.35. The molecule has 0 aliphatic carbocycles. The third kappa shape index (κ3) is 4.77. The van der Waals surface area contributed by atoms with Crippen LogP contribution >= 0.6 is 11.6 Å². The number of ether oxygens (including phenoxy) is 3. The zero-order chi connectivity index (χ0) is 15.1. The second kappa shape index (κ2) is 8.47. The van der Waals surface area contributed by atoms with Crippen LogP contribution in [0.15, 0.2) is 12.1 Å².